The Bertz CT molecular complexity index is 463. The second kappa shape index (κ2) is 10.1. The molecule has 0 aromatic heterocycles. The third-order valence-electron chi connectivity index (χ3n) is 3.59. The van der Waals surface area contributed by atoms with Gasteiger partial charge in [-0.1, -0.05) is 19.4 Å². The molecule has 1 aromatic carbocycles. The Morgan fingerprint density at radius 1 is 1.23 bits per heavy atom. The van der Waals surface area contributed by atoms with Crippen LogP contribution in [0.2, 0.25) is 0 Å². The average molecular weight is 308 g/mol. The minimum Gasteiger partial charge on any atom is -0.493 e. The standard InChI is InChI=1S/C17H28N2O3/c1-5-6-11-19(2)17(20)13-18-10-9-14-7-8-15(21-3)16(12-14)22-4/h7-8,12,18H,5-6,9-11,13H2,1-4H3. The Kier molecular flexibility index (Phi) is 8.36. The molecule has 0 radical (unpaired) electrons. The van der Waals surface area contributed by atoms with Gasteiger partial charge in [0.05, 0.1) is 20.8 Å². The number of likely N-dealkylation sites (N-methyl/N-ethyl adjacent to an activating group) is 1. The van der Waals surface area contributed by atoms with Crippen LogP contribution in [-0.4, -0.2) is 51.7 Å². The van der Waals surface area contributed by atoms with E-state index in [2.05, 4.69) is 12.2 Å². The van der Waals surface area contributed by atoms with E-state index < -0.39 is 0 Å². The fraction of sp³-hybridized carbons (Fsp3) is 0.588. The summed E-state index contributed by atoms with van der Waals surface area (Å²) in [6, 6.07) is 5.88. The van der Waals surface area contributed by atoms with Gasteiger partial charge in [0.25, 0.3) is 0 Å². The van der Waals surface area contributed by atoms with E-state index in [9.17, 15) is 4.79 Å². The molecule has 0 heterocycles. The predicted molar refractivity (Wildman–Crippen MR) is 88.7 cm³/mol. The molecule has 0 atom stereocenters. The number of carbonyl (C=O) groups is 1. The van der Waals surface area contributed by atoms with Gasteiger partial charge in [0.2, 0.25) is 5.91 Å². The first-order chi connectivity index (χ1) is 10.6. The minimum absolute atomic E-state index is 0.140. The number of methoxy groups -OCH3 is 2. The van der Waals surface area contributed by atoms with E-state index in [1.165, 1.54) is 0 Å². The first-order valence-corrected chi connectivity index (χ1v) is 7.78. The summed E-state index contributed by atoms with van der Waals surface area (Å²) in [5.41, 5.74) is 1.15. The molecule has 22 heavy (non-hydrogen) atoms. The van der Waals surface area contributed by atoms with E-state index in [0.29, 0.717) is 6.54 Å². The van der Waals surface area contributed by atoms with Crippen molar-refractivity contribution in [2.45, 2.75) is 26.2 Å². The van der Waals surface area contributed by atoms with Gasteiger partial charge in [0, 0.05) is 13.6 Å². The number of hydrogen-bond donors (Lipinski definition) is 1. The summed E-state index contributed by atoms with van der Waals surface area (Å²) in [5.74, 6) is 1.60. The summed E-state index contributed by atoms with van der Waals surface area (Å²) in [6.45, 7) is 4.09. The third kappa shape index (κ3) is 5.93. The molecule has 1 aromatic rings. The molecule has 0 spiro atoms. The first kappa shape index (κ1) is 18.3. The van der Waals surface area contributed by atoms with Crippen molar-refractivity contribution in [1.29, 1.82) is 0 Å². The number of ether oxygens (including phenoxy) is 2. The van der Waals surface area contributed by atoms with Crippen molar-refractivity contribution in [3.8, 4) is 11.5 Å². The van der Waals surface area contributed by atoms with Crippen LogP contribution < -0.4 is 14.8 Å². The van der Waals surface area contributed by atoms with Crippen LogP contribution in [0.25, 0.3) is 0 Å². The zero-order valence-electron chi connectivity index (χ0n) is 14.1. The lowest BCUT2D eigenvalue weighted by molar-refractivity contribution is -0.129. The summed E-state index contributed by atoms with van der Waals surface area (Å²) in [5, 5.41) is 3.19. The lowest BCUT2D eigenvalue weighted by Crippen LogP contribution is -2.36. The van der Waals surface area contributed by atoms with Crippen molar-refractivity contribution in [2.24, 2.45) is 0 Å². The third-order valence-corrected chi connectivity index (χ3v) is 3.59. The highest BCUT2D eigenvalue weighted by molar-refractivity contribution is 5.77. The quantitative estimate of drug-likeness (QED) is 0.673. The molecular weight excluding hydrogens is 280 g/mol. The number of amides is 1. The van der Waals surface area contributed by atoms with E-state index in [0.717, 1.165) is 49.4 Å². The summed E-state index contributed by atoms with van der Waals surface area (Å²) >= 11 is 0. The highest BCUT2D eigenvalue weighted by atomic mass is 16.5. The summed E-state index contributed by atoms with van der Waals surface area (Å²) in [6.07, 6.45) is 2.99. The van der Waals surface area contributed by atoms with Gasteiger partial charge < -0.3 is 19.7 Å². The molecule has 0 aliphatic heterocycles. The lowest BCUT2D eigenvalue weighted by Gasteiger charge is -2.17. The van der Waals surface area contributed by atoms with Crippen LogP contribution >= 0.6 is 0 Å². The number of rotatable bonds is 10. The van der Waals surface area contributed by atoms with Crippen molar-refractivity contribution in [2.75, 3.05) is 40.9 Å². The largest absolute Gasteiger partial charge is 0.493 e. The van der Waals surface area contributed by atoms with Gasteiger partial charge >= 0.3 is 0 Å². The first-order valence-electron chi connectivity index (χ1n) is 7.78. The maximum absolute atomic E-state index is 11.9. The van der Waals surface area contributed by atoms with Crippen LogP contribution in [0.5, 0.6) is 11.5 Å². The van der Waals surface area contributed by atoms with Crippen molar-refractivity contribution in [1.82, 2.24) is 10.2 Å². The molecule has 1 rings (SSSR count). The molecule has 5 heteroatoms. The van der Waals surface area contributed by atoms with Crippen LogP contribution in [0, 0.1) is 0 Å². The highest BCUT2D eigenvalue weighted by Gasteiger charge is 2.08. The monoisotopic (exact) mass is 308 g/mol. The molecule has 0 aliphatic rings. The Morgan fingerprint density at radius 3 is 2.59 bits per heavy atom. The SMILES string of the molecule is CCCCN(C)C(=O)CNCCc1ccc(OC)c(OC)c1. The Hall–Kier alpha value is -1.75. The van der Waals surface area contributed by atoms with Crippen molar-refractivity contribution < 1.29 is 14.3 Å². The molecule has 1 amide bonds. The van der Waals surface area contributed by atoms with Gasteiger partial charge in [-0.15, -0.1) is 0 Å². The number of nitrogens with zero attached hydrogens (tertiary/aromatic N) is 1. The molecule has 124 valence electrons. The predicted octanol–water partition coefficient (Wildman–Crippen LogP) is 2.09. The molecule has 0 saturated heterocycles. The molecule has 5 nitrogen and oxygen atoms in total. The molecule has 0 saturated carbocycles. The van der Waals surface area contributed by atoms with Crippen molar-refractivity contribution in [3.05, 3.63) is 23.8 Å². The molecule has 0 bridgehead atoms. The Balaban J connectivity index is 2.34. The van der Waals surface area contributed by atoms with Crippen molar-refractivity contribution >= 4 is 5.91 Å². The number of unbranched alkanes of at least 4 members (excludes halogenated alkanes) is 1. The van der Waals surface area contributed by atoms with E-state index in [1.807, 2.05) is 25.2 Å². The van der Waals surface area contributed by atoms with Crippen LogP contribution in [0.1, 0.15) is 25.3 Å². The van der Waals surface area contributed by atoms with E-state index in [-0.39, 0.29) is 5.91 Å². The van der Waals surface area contributed by atoms with Crippen molar-refractivity contribution in [3.63, 3.8) is 0 Å². The molecule has 1 N–H and O–H groups in total. The topological polar surface area (TPSA) is 50.8 Å². The van der Waals surface area contributed by atoms with Crippen LogP contribution in [0.15, 0.2) is 18.2 Å². The maximum atomic E-state index is 11.9. The number of benzene rings is 1. The zero-order chi connectivity index (χ0) is 16.4. The fourth-order valence-electron chi connectivity index (χ4n) is 2.12. The summed E-state index contributed by atoms with van der Waals surface area (Å²) < 4.78 is 10.5. The normalized spacial score (nSPS) is 10.4. The lowest BCUT2D eigenvalue weighted by atomic mass is 10.1. The van der Waals surface area contributed by atoms with Gasteiger partial charge in [-0.25, -0.2) is 0 Å². The van der Waals surface area contributed by atoms with Gasteiger partial charge in [0.1, 0.15) is 0 Å². The summed E-state index contributed by atoms with van der Waals surface area (Å²) in [4.78, 5) is 13.7. The molecular formula is C17H28N2O3. The minimum atomic E-state index is 0.140. The van der Waals surface area contributed by atoms with Crippen LogP contribution in [-0.2, 0) is 11.2 Å². The Morgan fingerprint density at radius 2 is 1.95 bits per heavy atom. The van der Waals surface area contributed by atoms with E-state index in [4.69, 9.17) is 9.47 Å². The smallest absolute Gasteiger partial charge is 0.236 e. The average Bonchev–Trinajstić information content (AvgIpc) is 2.55. The van der Waals surface area contributed by atoms with Gasteiger partial charge in [-0.3, -0.25) is 4.79 Å². The fourth-order valence-corrected chi connectivity index (χ4v) is 2.12. The molecule has 0 fully saturated rings. The summed E-state index contributed by atoms with van der Waals surface area (Å²) in [7, 11) is 5.11. The second-order valence-electron chi connectivity index (χ2n) is 5.28. The highest BCUT2D eigenvalue weighted by Crippen LogP contribution is 2.27. The second-order valence-corrected chi connectivity index (χ2v) is 5.28. The maximum Gasteiger partial charge on any atom is 0.236 e. The van der Waals surface area contributed by atoms with Gasteiger partial charge in [-0.2, -0.15) is 0 Å². The number of carbonyl (C=O) groups excluding carboxylic acids is 1. The number of nitrogens with one attached hydrogen (secondary N) is 1. The van der Waals surface area contributed by atoms with Gasteiger partial charge in [0.15, 0.2) is 11.5 Å². The van der Waals surface area contributed by atoms with Gasteiger partial charge in [-0.05, 0) is 37.1 Å². The van der Waals surface area contributed by atoms with E-state index in [1.54, 1.807) is 19.1 Å². The van der Waals surface area contributed by atoms with Crippen LogP contribution in [0.4, 0.5) is 0 Å². The Labute approximate surface area is 133 Å². The zero-order valence-corrected chi connectivity index (χ0v) is 14.1. The molecule has 0 unspecified atom stereocenters. The van der Waals surface area contributed by atoms with E-state index >= 15 is 0 Å². The molecule has 0 aliphatic carbocycles. The van der Waals surface area contributed by atoms with Crippen LogP contribution in [0.3, 0.4) is 0 Å². The number of hydrogen-bond acceptors (Lipinski definition) is 4.